The average Bonchev–Trinajstić information content (AvgIpc) is 3.24. The second kappa shape index (κ2) is 11.2. The minimum absolute atomic E-state index is 0.0712. The van der Waals surface area contributed by atoms with E-state index in [1.807, 2.05) is 58.0 Å². The Hall–Kier alpha value is -2.60. The maximum Gasteiger partial charge on any atom is 0.313 e. The van der Waals surface area contributed by atoms with Crippen LogP contribution in [0.4, 0.5) is 0 Å². The number of phenols is 1. The highest BCUT2D eigenvalue weighted by Crippen LogP contribution is 2.39. The van der Waals surface area contributed by atoms with E-state index < -0.39 is 5.92 Å². The van der Waals surface area contributed by atoms with Crippen molar-refractivity contribution in [2.24, 2.45) is 0 Å². The van der Waals surface area contributed by atoms with E-state index in [0.717, 1.165) is 24.0 Å². The zero-order valence-electron chi connectivity index (χ0n) is 20.9. The van der Waals surface area contributed by atoms with Crippen LogP contribution in [0, 0.1) is 0 Å². The van der Waals surface area contributed by atoms with Crippen molar-refractivity contribution in [1.82, 2.24) is 15.0 Å². The van der Waals surface area contributed by atoms with Crippen molar-refractivity contribution in [2.75, 3.05) is 6.61 Å². The van der Waals surface area contributed by atoms with E-state index >= 15 is 0 Å². The molecule has 1 atom stereocenters. The lowest BCUT2D eigenvalue weighted by molar-refractivity contribution is -0.145. The first-order chi connectivity index (χ1) is 16.1. The summed E-state index contributed by atoms with van der Waals surface area (Å²) in [6.45, 7) is 10.6. The Morgan fingerprint density at radius 1 is 1.12 bits per heavy atom. The molecule has 0 amide bonds. The molecule has 7 heteroatoms. The van der Waals surface area contributed by atoms with E-state index in [-0.39, 0.29) is 17.1 Å². The number of nitrogens with zero attached hydrogens (tertiary/aromatic N) is 3. The van der Waals surface area contributed by atoms with Gasteiger partial charge in [0, 0.05) is 0 Å². The third kappa shape index (κ3) is 6.09. The molecule has 6 nitrogen and oxygen atoms in total. The second-order valence-corrected chi connectivity index (χ2v) is 10.3. The fourth-order valence-electron chi connectivity index (χ4n) is 3.91. The van der Waals surface area contributed by atoms with Gasteiger partial charge in [-0.15, -0.1) is 10.2 Å². The van der Waals surface area contributed by atoms with Gasteiger partial charge in [0.05, 0.1) is 23.2 Å². The smallest absolute Gasteiger partial charge is 0.313 e. The van der Waals surface area contributed by atoms with Gasteiger partial charge in [0.25, 0.3) is 0 Å². The molecule has 1 unspecified atom stereocenters. The number of rotatable bonds is 10. The number of esters is 1. The summed E-state index contributed by atoms with van der Waals surface area (Å²) < 4.78 is 5.51. The minimum atomic E-state index is -0.402. The Morgan fingerprint density at radius 3 is 2.53 bits per heavy atom. The SMILES string of the molecule is CCCCCCCCOC(=O)C(C)c1cccc(-n2nc3cc(C(C)(C)C)c(Cl)c(O)c3n2)c1. The highest BCUT2D eigenvalue weighted by molar-refractivity contribution is 6.34. The summed E-state index contributed by atoms with van der Waals surface area (Å²) >= 11 is 6.42. The van der Waals surface area contributed by atoms with Crippen LogP contribution in [-0.4, -0.2) is 32.7 Å². The van der Waals surface area contributed by atoms with Crippen LogP contribution in [0.2, 0.25) is 5.02 Å². The number of hydrogen-bond donors (Lipinski definition) is 1. The Morgan fingerprint density at radius 2 is 1.82 bits per heavy atom. The zero-order chi connectivity index (χ0) is 24.9. The Kier molecular flexibility index (Phi) is 8.58. The Labute approximate surface area is 207 Å². The van der Waals surface area contributed by atoms with Crippen molar-refractivity contribution in [2.45, 2.75) is 84.5 Å². The average molecular weight is 486 g/mol. The lowest BCUT2D eigenvalue weighted by atomic mass is 9.86. The number of aromatic hydroxyl groups is 1. The van der Waals surface area contributed by atoms with E-state index in [1.54, 1.807) is 0 Å². The van der Waals surface area contributed by atoms with Crippen LogP contribution in [0.3, 0.4) is 0 Å². The highest BCUT2D eigenvalue weighted by atomic mass is 35.5. The topological polar surface area (TPSA) is 77.2 Å². The molecule has 3 aromatic rings. The number of unbranched alkanes of at least 4 members (excludes halogenated alkanes) is 5. The maximum absolute atomic E-state index is 12.6. The normalized spacial score (nSPS) is 12.8. The van der Waals surface area contributed by atoms with Gasteiger partial charge >= 0.3 is 5.97 Å². The number of hydrogen-bond acceptors (Lipinski definition) is 5. The number of aromatic nitrogens is 3. The third-order valence-electron chi connectivity index (χ3n) is 6.09. The van der Waals surface area contributed by atoms with E-state index in [2.05, 4.69) is 17.1 Å². The molecule has 0 radical (unpaired) electrons. The van der Waals surface area contributed by atoms with Crippen LogP contribution >= 0.6 is 11.6 Å². The van der Waals surface area contributed by atoms with Crippen molar-refractivity contribution in [1.29, 1.82) is 0 Å². The van der Waals surface area contributed by atoms with Gasteiger partial charge in [-0.1, -0.05) is 83.5 Å². The summed E-state index contributed by atoms with van der Waals surface area (Å²) in [5.41, 5.74) is 2.97. The van der Waals surface area contributed by atoms with Gasteiger partial charge in [-0.2, -0.15) is 4.80 Å². The predicted molar refractivity (Wildman–Crippen MR) is 137 cm³/mol. The zero-order valence-corrected chi connectivity index (χ0v) is 21.7. The Balaban J connectivity index is 1.73. The molecule has 0 aliphatic rings. The molecule has 0 spiro atoms. The molecular formula is C27H36ClN3O3. The van der Waals surface area contributed by atoms with Crippen LogP contribution in [0.1, 0.15) is 90.2 Å². The summed E-state index contributed by atoms with van der Waals surface area (Å²) in [6, 6.07) is 9.37. The van der Waals surface area contributed by atoms with Crippen LogP contribution in [0.15, 0.2) is 30.3 Å². The summed E-state index contributed by atoms with van der Waals surface area (Å²) in [7, 11) is 0. The number of fused-ring (bicyclic) bond motifs is 1. The fourth-order valence-corrected chi connectivity index (χ4v) is 4.34. The predicted octanol–water partition coefficient (Wildman–Crippen LogP) is 7.08. The van der Waals surface area contributed by atoms with Crippen LogP contribution < -0.4 is 0 Å². The maximum atomic E-state index is 12.6. The first kappa shape index (κ1) is 26.0. The van der Waals surface area contributed by atoms with Crippen LogP contribution in [-0.2, 0) is 14.9 Å². The van der Waals surface area contributed by atoms with E-state index in [9.17, 15) is 9.90 Å². The molecule has 3 rings (SSSR count). The first-order valence-electron chi connectivity index (χ1n) is 12.2. The highest BCUT2D eigenvalue weighted by Gasteiger charge is 2.24. The van der Waals surface area contributed by atoms with Gasteiger partial charge in [0.2, 0.25) is 0 Å². The van der Waals surface area contributed by atoms with E-state index in [4.69, 9.17) is 16.3 Å². The van der Waals surface area contributed by atoms with E-state index in [0.29, 0.717) is 28.4 Å². The molecule has 1 aromatic heterocycles. The number of ether oxygens (including phenoxy) is 1. The standard InChI is InChI=1S/C27H36ClN3O3/c1-6-7-8-9-10-11-15-34-26(33)18(2)19-13-12-14-20(16-19)31-29-22-17-21(27(3,4)5)23(28)25(32)24(22)30-31/h12-14,16-18,32H,6-11,15H2,1-5H3. The number of carbonyl (C=O) groups excluding carboxylic acids is 1. The molecule has 0 fully saturated rings. The summed E-state index contributed by atoms with van der Waals surface area (Å²) in [6.07, 6.45) is 6.90. The molecule has 1 N–H and O–H groups in total. The quantitative estimate of drug-likeness (QED) is 0.245. The van der Waals surface area contributed by atoms with Gasteiger partial charge in [0.15, 0.2) is 11.3 Å². The lowest BCUT2D eigenvalue weighted by Crippen LogP contribution is -2.14. The van der Waals surface area contributed by atoms with Gasteiger partial charge < -0.3 is 9.84 Å². The van der Waals surface area contributed by atoms with Crippen molar-refractivity contribution in [3.05, 3.63) is 46.5 Å². The van der Waals surface area contributed by atoms with Gasteiger partial charge in [-0.3, -0.25) is 4.79 Å². The number of halogens is 1. The largest absolute Gasteiger partial charge is 0.504 e. The number of benzene rings is 2. The lowest BCUT2D eigenvalue weighted by Gasteiger charge is -2.20. The monoisotopic (exact) mass is 485 g/mol. The molecule has 184 valence electrons. The molecule has 34 heavy (non-hydrogen) atoms. The third-order valence-corrected chi connectivity index (χ3v) is 6.48. The van der Waals surface area contributed by atoms with Crippen LogP contribution in [0.25, 0.3) is 16.7 Å². The molecule has 0 aliphatic heterocycles. The van der Waals surface area contributed by atoms with Crippen molar-refractivity contribution < 1.29 is 14.6 Å². The second-order valence-electron chi connectivity index (χ2n) is 9.95. The van der Waals surface area contributed by atoms with Gasteiger partial charge in [-0.25, -0.2) is 0 Å². The van der Waals surface area contributed by atoms with Crippen LogP contribution in [0.5, 0.6) is 5.75 Å². The van der Waals surface area contributed by atoms with Crippen molar-refractivity contribution in [3.8, 4) is 11.4 Å². The molecular weight excluding hydrogens is 450 g/mol. The van der Waals surface area contributed by atoms with Crippen molar-refractivity contribution in [3.63, 3.8) is 0 Å². The summed E-state index contributed by atoms with van der Waals surface area (Å²) in [5.74, 6) is -0.706. The molecule has 0 bridgehead atoms. The Bertz CT molecular complexity index is 1130. The molecule has 0 saturated heterocycles. The fraction of sp³-hybridized carbons (Fsp3) is 0.519. The molecule has 1 heterocycles. The molecule has 0 aliphatic carbocycles. The van der Waals surface area contributed by atoms with Gasteiger partial charge in [0.1, 0.15) is 5.52 Å². The summed E-state index contributed by atoms with van der Waals surface area (Å²) in [4.78, 5) is 14.0. The number of carbonyl (C=O) groups is 1. The molecule has 2 aromatic carbocycles. The first-order valence-corrected chi connectivity index (χ1v) is 12.6. The van der Waals surface area contributed by atoms with E-state index in [1.165, 1.54) is 30.5 Å². The summed E-state index contributed by atoms with van der Waals surface area (Å²) in [5, 5.41) is 20.0. The van der Waals surface area contributed by atoms with Crippen molar-refractivity contribution >= 4 is 28.6 Å². The number of phenolic OH excluding ortho intramolecular Hbond substituents is 1. The minimum Gasteiger partial charge on any atom is -0.504 e. The molecule has 0 saturated carbocycles. The van der Waals surface area contributed by atoms with Gasteiger partial charge in [-0.05, 0) is 48.1 Å².